The first-order chi connectivity index (χ1) is 9.83. The monoisotopic (exact) mass is 369 g/mol. The van der Waals surface area contributed by atoms with Crippen LogP contribution in [0.1, 0.15) is 5.56 Å². The number of halogens is 2. The van der Waals surface area contributed by atoms with Gasteiger partial charge in [-0.2, -0.15) is 5.26 Å². The Hall–Kier alpha value is -2.11. The number of nitrogens with two attached hydrogens (primary N) is 1. The van der Waals surface area contributed by atoms with Crippen molar-refractivity contribution in [1.82, 2.24) is 0 Å². The Bertz CT molecular complexity index is 847. The van der Waals surface area contributed by atoms with E-state index in [2.05, 4.69) is 20.7 Å². The highest BCUT2D eigenvalue weighted by Gasteiger charge is 2.18. The van der Waals surface area contributed by atoms with E-state index in [1.165, 1.54) is 18.2 Å². The molecule has 2 aromatic rings. The van der Waals surface area contributed by atoms with E-state index in [0.29, 0.717) is 4.47 Å². The van der Waals surface area contributed by atoms with Crippen molar-refractivity contribution in [3.8, 4) is 6.07 Å². The smallest absolute Gasteiger partial charge is 0.263 e. The zero-order valence-corrected chi connectivity index (χ0v) is 12.9. The first kappa shape index (κ1) is 15.3. The molecule has 3 N–H and O–H groups in total. The molecule has 0 aliphatic rings. The van der Waals surface area contributed by atoms with Crippen LogP contribution in [0.2, 0.25) is 0 Å². The second kappa shape index (κ2) is 5.71. The summed E-state index contributed by atoms with van der Waals surface area (Å²) in [6.07, 6.45) is 0. The van der Waals surface area contributed by atoms with Gasteiger partial charge in [0.25, 0.3) is 10.0 Å². The van der Waals surface area contributed by atoms with Crippen LogP contribution in [0, 0.1) is 17.1 Å². The molecule has 0 bridgehead atoms. The van der Waals surface area contributed by atoms with Crippen molar-refractivity contribution in [1.29, 1.82) is 5.26 Å². The number of nitrogen functional groups attached to an aromatic ring is 1. The van der Waals surface area contributed by atoms with Crippen molar-refractivity contribution in [2.24, 2.45) is 0 Å². The molecule has 0 heterocycles. The Kier molecular flexibility index (Phi) is 4.16. The number of nitrogens with one attached hydrogen (secondary N) is 1. The minimum atomic E-state index is -3.94. The van der Waals surface area contributed by atoms with Crippen LogP contribution in [0.4, 0.5) is 15.8 Å². The molecule has 108 valence electrons. The highest BCUT2D eigenvalue weighted by molar-refractivity contribution is 9.10. The van der Waals surface area contributed by atoms with Crippen molar-refractivity contribution >= 4 is 37.3 Å². The maximum Gasteiger partial charge on any atom is 0.263 e. The molecule has 0 aromatic heterocycles. The molecule has 0 saturated carbocycles. The molecule has 0 radical (unpaired) electrons. The van der Waals surface area contributed by atoms with Gasteiger partial charge in [-0.15, -0.1) is 0 Å². The SMILES string of the molecule is N#Cc1cc(NS(=O)(=O)c2cc(Br)ccc2N)ccc1F. The van der Waals surface area contributed by atoms with Crippen LogP contribution >= 0.6 is 15.9 Å². The zero-order valence-electron chi connectivity index (χ0n) is 10.5. The number of nitrogens with zero attached hydrogens (tertiary/aromatic N) is 1. The topological polar surface area (TPSA) is 96.0 Å². The average molecular weight is 370 g/mol. The summed E-state index contributed by atoms with van der Waals surface area (Å²) < 4.78 is 40.6. The summed E-state index contributed by atoms with van der Waals surface area (Å²) in [5.41, 5.74) is 5.56. The van der Waals surface area contributed by atoms with Crippen LogP contribution in [-0.4, -0.2) is 8.42 Å². The van der Waals surface area contributed by atoms with E-state index in [4.69, 9.17) is 11.0 Å². The van der Waals surface area contributed by atoms with Crippen LogP contribution in [0.15, 0.2) is 45.8 Å². The van der Waals surface area contributed by atoms with Gasteiger partial charge in [-0.1, -0.05) is 15.9 Å². The number of sulfonamides is 1. The first-order valence-corrected chi connectivity index (χ1v) is 7.88. The van der Waals surface area contributed by atoms with Crippen LogP contribution in [0.5, 0.6) is 0 Å². The minimum Gasteiger partial charge on any atom is -0.398 e. The fourth-order valence-electron chi connectivity index (χ4n) is 1.63. The number of nitriles is 1. The maximum absolute atomic E-state index is 13.2. The normalized spacial score (nSPS) is 10.9. The number of rotatable bonds is 3. The van der Waals surface area contributed by atoms with Gasteiger partial charge in [0.05, 0.1) is 16.9 Å². The molecular weight excluding hydrogens is 361 g/mol. The van der Waals surface area contributed by atoms with Gasteiger partial charge in [-0.3, -0.25) is 4.72 Å². The molecule has 0 spiro atoms. The summed E-state index contributed by atoms with van der Waals surface area (Å²) in [6, 6.07) is 9.40. The van der Waals surface area contributed by atoms with Gasteiger partial charge >= 0.3 is 0 Å². The van der Waals surface area contributed by atoms with Gasteiger partial charge in [0.1, 0.15) is 16.8 Å². The molecule has 0 aliphatic carbocycles. The number of benzene rings is 2. The largest absolute Gasteiger partial charge is 0.398 e. The third kappa shape index (κ3) is 3.32. The fourth-order valence-corrected chi connectivity index (χ4v) is 3.35. The lowest BCUT2D eigenvalue weighted by Crippen LogP contribution is -2.15. The maximum atomic E-state index is 13.2. The molecule has 0 saturated heterocycles. The second-order valence-electron chi connectivity index (χ2n) is 4.09. The van der Waals surface area contributed by atoms with Crippen LogP contribution in [0.25, 0.3) is 0 Å². The lowest BCUT2D eigenvalue weighted by atomic mass is 10.2. The van der Waals surface area contributed by atoms with Crippen LogP contribution in [-0.2, 0) is 10.0 Å². The Morgan fingerprint density at radius 2 is 1.95 bits per heavy atom. The highest BCUT2D eigenvalue weighted by Crippen LogP contribution is 2.25. The van der Waals surface area contributed by atoms with Gasteiger partial charge in [0, 0.05) is 4.47 Å². The van der Waals surface area contributed by atoms with Crippen molar-refractivity contribution in [2.75, 3.05) is 10.5 Å². The fraction of sp³-hybridized carbons (Fsp3) is 0. The molecule has 0 fully saturated rings. The number of hydrogen-bond donors (Lipinski definition) is 2. The molecule has 2 aromatic carbocycles. The predicted molar refractivity (Wildman–Crippen MR) is 80.5 cm³/mol. The zero-order chi connectivity index (χ0) is 15.6. The number of anilines is 2. The quantitative estimate of drug-likeness (QED) is 0.812. The summed E-state index contributed by atoms with van der Waals surface area (Å²) in [5, 5.41) is 8.75. The lowest BCUT2D eigenvalue weighted by Gasteiger charge is -2.11. The van der Waals surface area contributed by atoms with E-state index < -0.39 is 15.8 Å². The molecular formula is C13H9BrFN3O2S. The van der Waals surface area contributed by atoms with E-state index in [-0.39, 0.29) is 21.8 Å². The lowest BCUT2D eigenvalue weighted by molar-refractivity contribution is 0.601. The molecule has 0 aliphatic heterocycles. The van der Waals surface area contributed by atoms with Crippen LogP contribution in [0.3, 0.4) is 0 Å². The predicted octanol–water partition coefficient (Wildman–Crippen LogP) is 2.84. The Morgan fingerprint density at radius 3 is 2.62 bits per heavy atom. The van der Waals surface area contributed by atoms with Crippen molar-refractivity contribution in [3.63, 3.8) is 0 Å². The van der Waals surface area contributed by atoms with Gasteiger partial charge < -0.3 is 5.73 Å². The standard InChI is InChI=1S/C13H9BrFN3O2S/c14-9-1-4-12(17)13(6-9)21(19,20)18-10-2-3-11(15)8(5-10)7-16/h1-6,18H,17H2. The third-order valence-electron chi connectivity index (χ3n) is 2.60. The second-order valence-corrected chi connectivity index (χ2v) is 6.66. The Balaban J connectivity index is 2.43. The van der Waals surface area contributed by atoms with E-state index in [9.17, 15) is 12.8 Å². The molecule has 0 amide bonds. The van der Waals surface area contributed by atoms with Gasteiger partial charge in [-0.25, -0.2) is 12.8 Å². The third-order valence-corrected chi connectivity index (χ3v) is 4.53. The van der Waals surface area contributed by atoms with Crippen molar-refractivity contribution in [3.05, 3.63) is 52.3 Å². The molecule has 21 heavy (non-hydrogen) atoms. The molecule has 8 heteroatoms. The van der Waals surface area contributed by atoms with Gasteiger partial charge in [0.15, 0.2) is 0 Å². The van der Waals surface area contributed by atoms with Crippen LogP contribution < -0.4 is 10.5 Å². The molecule has 0 unspecified atom stereocenters. The first-order valence-electron chi connectivity index (χ1n) is 5.61. The van der Waals surface area contributed by atoms with E-state index in [0.717, 1.165) is 12.1 Å². The number of hydrogen-bond acceptors (Lipinski definition) is 4. The summed E-state index contributed by atoms with van der Waals surface area (Å²) >= 11 is 3.17. The minimum absolute atomic E-state index is 0.0762. The summed E-state index contributed by atoms with van der Waals surface area (Å²) in [6.45, 7) is 0. The van der Waals surface area contributed by atoms with Gasteiger partial charge in [-0.05, 0) is 36.4 Å². The molecule has 5 nitrogen and oxygen atoms in total. The average Bonchev–Trinajstić information content (AvgIpc) is 2.43. The van der Waals surface area contributed by atoms with E-state index in [1.807, 2.05) is 0 Å². The summed E-state index contributed by atoms with van der Waals surface area (Å²) in [7, 11) is -3.94. The summed E-state index contributed by atoms with van der Waals surface area (Å²) in [4.78, 5) is -0.111. The molecule has 2 rings (SSSR count). The van der Waals surface area contributed by atoms with E-state index in [1.54, 1.807) is 12.1 Å². The highest BCUT2D eigenvalue weighted by atomic mass is 79.9. The van der Waals surface area contributed by atoms with Crippen molar-refractivity contribution in [2.45, 2.75) is 4.90 Å². The summed E-state index contributed by atoms with van der Waals surface area (Å²) in [5.74, 6) is -0.720. The van der Waals surface area contributed by atoms with Gasteiger partial charge in [0.2, 0.25) is 0 Å². The Labute approximate surface area is 129 Å². The molecule has 0 atom stereocenters. The Morgan fingerprint density at radius 1 is 1.24 bits per heavy atom. The van der Waals surface area contributed by atoms with Crippen molar-refractivity contribution < 1.29 is 12.8 Å². The van der Waals surface area contributed by atoms with E-state index >= 15 is 0 Å².